The lowest BCUT2D eigenvalue weighted by atomic mass is 9.86. The highest BCUT2D eigenvalue weighted by Gasteiger charge is 2.39. The normalized spacial score (nSPS) is 22.5. The number of hydroxylamine groups is 2. The number of rotatable bonds is 4. The van der Waals surface area contributed by atoms with E-state index in [1.807, 2.05) is 27.7 Å². The van der Waals surface area contributed by atoms with Gasteiger partial charge in [0, 0.05) is 11.5 Å². The molecule has 1 fully saturated rings. The number of hydrogen-bond acceptors (Lipinski definition) is 4. The summed E-state index contributed by atoms with van der Waals surface area (Å²) in [7, 11) is 0. The Hall–Kier alpha value is -1.24. The smallest absolute Gasteiger partial charge is 0.267 e. The summed E-state index contributed by atoms with van der Waals surface area (Å²) in [5, 5.41) is 20.2. The summed E-state index contributed by atoms with van der Waals surface area (Å²) < 4.78 is 0. The number of hydrogen-bond donors (Lipinski definition) is 2. The van der Waals surface area contributed by atoms with Gasteiger partial charge in [0.2, 0.25) is 0 Å². The predicted octanol–water partition coefficient (Wildman–Crippen LogP) is 1.39. The number of likely N-dealkylation sites (tertiary alicyclic amines) is 1. The molecule has 118 valence electrons. The minimum absolute atomic E-state index is 0.0869. The molecule has 0 radical (unpaired) electrons. The zero-order chi connectivity index (χ0) is 15.8. The van der Waals surface area contributed by atoms with Crippen LogP contribution < -0.4 is 0 Å². The predicted molar refractivity (Wildman–Crippen MR) is 79.9 cm³/mol. The molecule has 21 heavy (non-hydrogen) atoms. The van der Waals surface area contributed by atoms with Crippen LogP contribution in [0.5, 0.6) is 0 Å². The molecule has 2 aliphatic rings. The fraction of sp³-hybridized carbons (Fsp3) is 0.733. The summed E-state index contributed by atoms with van der Waals surface area (Å²) in [6.07, 6.45) is 3.86. The zero-order valence-corrected chi connectivity index (χ0v) is 13.3. The van der Waals surface area contributed by atoms with Crippen LogP contribution in [0, 0.1) is 5.41 Å². The molecule has 6 heteroatoms. The van der Waals surface area contributed by atoms with Crippen LogP contribution in [-0.4, -0.2) is 57.3 Å². The van der Waals surface area contributed by atoms with E-state index < -0.39 is 11.0 Å². The Balaban J connectivity index is 2.13. The Bertz CT molecular complexity index is 488. The van der Waals surface area contributed by atoms with E-state index in [0.717, 1.165) is 31.0 Å². The monoisotopic (exact) mass is 295 g/mol. The Morgan fingerprint density at radius 2 is 1.86 bits per heavy atom. The van der Waals surface area contributed by atoms with Gasteiger partial charge in [0.1, 0.15) is 0 Å². The van der Waals surface area contributed by atoms with Crippen molar-refractivity contribution in [3.8, 4) is 0 Å². The summed E-state index contributed by atoms with van der Waals surface area (Å²) in [5.41, 5.74) is -0.641. The lowest BCUT2D eigenvalue weighted by Gasteiger charge is -2.38. The molecule has 2 N–H and O–H groups in total. The molecule has 1 saturated heterocycles. The summed E-state index contributed by atoms with van der Waals surface area (Å²) in [6.45, 7) is 9.09. The lowest BCUT2D eigenvalue weighted by molar-refractivity contribution is -0.127. The van der Waals surface area contributed by atoms with Crippen LogP contribution in [0.3, 0.4) is 0 Å². The second-order valence-corrected chi connectivity index (χ2v) is 6.91. The van der Waals surface area contributed by atoms with Gasteiger partial charge in [-0.05, 0) is 39.8 Å². The Kier molecular flexibility index (Phi) is 4.24. The summed E-state index contributed by atoms with van der Waals surface area (Å²) >= 11 is 0. The van der Waals surface area contributed by atoms with Crippen LogP contribution >= 0.6 is 0 Å². The third-order valence-corrected chi connectivity index (χ3v) is 4.44. The standard InChI is InChI=1S/C15H25N3O3/c1-14(2,10-19)11-9-12(18(11)21)16-13(20)15(3,4)17-7-5-6-8-17/h9,19,21H,5-8,10H2,1-4H3. The number of amidine groups is 1. The van der Waals surface area contributed by atoms with E-state index >= 15 is 0 Å². The van der Waals surface area contributed by atoms with Crippen LogP contribution in [-0.2, 0) is 4.79 Å². The van der Waals surface area contributed by atoms with E-state index in [-0.39, 0.29) is 18.3 Å². The van der Waals surface area contributed by atoms with E-state index in [4.69, 9.17) is 0 Å². The number of aliphatic imine (C=N–C) groups is 1. The molecule has 2 heterocycles. The fourth-order valence-electron chi connectivity index (χ4n) is 2.60. The third kappa shape index (κ3) is 2.88. The lowest BCUT2D eigenvalue weighted by Crippen LogP contribution is -2.49. The molecule has 0 saturated carbocycles. The van der Waals surface area contributed by atoms with Crippen LogP contribution in [0.15, 0.2) is 16.8 Å². The first kappa shape index (κ1) is 16.1. The maximum absolute atomic E-state index is 12.4. The molecule has 0 aliphatic carbocycles. The van der Waals surface area contributed by atoms with Gasteiger partial charge in [-0.3, -0.25) is 14.9 Å². The number of carbonyl (C=O) groups is 1. The van der Waals surface area contributed by atoms with Gasteiger partial charge in [-0.2, -0.15) is 4.99 Å². The zero-order valence-electron chi connectivity index (χ0n) is 13.3. The number of nitrogens with zero attached hydrogens (tertiary/aromatic N) is 3. The van der Waals surface area contributed by atoms with Gasteiger partial charge in [0.25, 0.3) is 5.91 Å². The van der Waals surface area contributed by atoms with Gasteiger partial charge in [0.05, 0.1) is 17.8 Å². The molecule has 0 aromatic rings. The first-order valence-electron chi connectivity index (χ1n) is 7.40. The van der Waals surface area contributed by atoms with E-state index in [0.29, 0.717) is 5.70 Å². The minimum atomic E-state index is -0.652. The largest absolute Gasteiger partial charge is 0.395 e. The highest BCUT2D eigenvalue weighted by molar-refractivity contribution is 6.07. The molecule has 2 rings (SSSR count). The van der Waals surface area contributed by atoms with Gasteiger partial charge in [0.15, 0.2) is 5.84 Å². The third-order valence-electron chi connectivity index (χ3n) is 4.44. The molecule has 0 atom stereocenters. The molecule has 0 aromatic carbocycles. The van der Waals surface area contributed by atoms with Crippen molar-refractivity contribution in [1.82, 2.24) is 9.96 Å². The van der Waals surface area contributed by atoms with Crippen molar-refractivity contribution in [2.75, 3.05) is 19.7 Å². The molecule has 0 unspecified atom stereocenters. The summed E-state index contributed by atoms with van der Waals surface area (Å²) in [6, 6.07) is 0. The van der Waals surface area contributed by atoms with E-state index in [1.165, 1.54) is 0 Å². The van der Waals surface area contributed by atoms with Crippen molar-refractivity contribution in [2.45, 2.75) is 46.1 Å². The van der Waals surface area contributed by atoms with Crippen LogP contribution in [0.4, 0.5) is 0 Å². The first-order chi connectivity index (χ1) is 9.70. The van der Waals surface area contributed by atoms with E-state index in [9.17, 15) is 15.1 Å². The number of carbonyl (C=O) groups excluding carboxylic acids is 1. The molecule has 6 nitrogen and oxygen atoms in total. The second kappa shape index (κ2) is 5.51. The highest BCUT2D eigenvalue weighted by atomic mass is 16.5. The number of amides is 1. The van der Waals surface area contributed by atoms with Gasteiger partial charge in [-0.15, -0.1) is 0 Å². The molecule has 2 aliphatic heterocycles. The molecular weight excluding hydrogens is 270 g/mol. The van der Waals surface area contributed by atoms with Gasteiger partial charge < -0.3 is 5.11 Å². The summed E-state index contributed by atoms with van der Waals surface area (Å²) in [5.74, 6) is -0.0145. The van der Waals surface area contributed by atoms with Crippen LogP contribution in [0.25, 0.3) is 0 Å². The Morgan fingerprint density at radius 3 is 2.33 bits per heavy atom. The fourth-order valence-corrected chi connectivity index (χ4v) is 2.60. The van der Waals surface area contributed by atoms with E-state index in [1.54, 1.807) is 6.08 Å². The second-order valence-electron chi connectivity index (χ2n) is 6.91. The van der Waals surface area contributed by atoms with Gasteiger partial charge in [-0.1, -0.05) is 13.8 Å². The quantitative estimate of drug-likeness (QED) is 0.819. The maximum Gasteiger partial charge on any atom is 0.267 e. The Labute approximate surface area is 125 Å². The highest BCUT2D eigenvalue weighted by Crippen LogP contribution is 2.34. The van der Waals surface area contributed by atoms with E-state index in [2.05, 4.69) is 9.89 Å². The van der Waals surface area contributed by atoms with Crippen LogP contribution in [0.2, 0.25) is 0 Å². The molecular formula is C15H25N3O3. The van der Waals surface area contributed by atoms with Crippen molar-refractivity contribution in [1.29, 1.82) is 0 Å². The van der Waals surface area contributed by atoms with Gasteiger partial charge in [-0.25, -0.2) is 5.06 Å². The molecule has 0 bridgehead atoms. The van der Waals surface area contributed by atoms with Crippen molar-refractivity contribution in [3.63, 3.8) is 0 Å². The molecule has 0 spiro atoms. The maximum atomic E-state index is 12.4. The molecule has 0 aromatic heterocycles. The topological polar surface area (TPSA) is 76.4 Å². The molecule has 1 amide bonds. The first-order valence-corrected chi connectivity index (χ1v) is 7.40. The number of aliphatic hydroxyl groups is 1. The van der Waals surface area contributed by atoms with Crippen molar-refractivity contribution < 1.29 is 15.1 Å². The van der Waals surface area contributed by atoms with Gasteiger partial charge >= 0.3 is 0 Å². The SMILES string of the molecule is CC(C)(CO)C1=CC(=NC(=O)C(C)(C)N2CCCC2)N1O. The average molecular weight is 295 g/mol. The average Bonchev–Trinajstić information content (AvgIpc) is 2.96. The minimum Gasteiger partial charge on any atom is -0.395 e. The van der Waals surface area contributed by atoms with Crippen molar-refractivity contribution in [3.05, 3.63) is 11.8 Å². The Morgan fingerprint density at radius 1 is 1.29 bits per heavy atom. The van der Waals surface area contributed by atoms with Crippen LogP contribution in [0.1, 0.15) is 40.5 Å². The number of aliphatic hydroxyl groups excluding tert-OH is 1. The van der Waals surface area contributed by atoms with Crippen molar-refractivity contribution in [2.24, 2.45) is 10.4 Å². The summed E-state index contributed by atoms with van der Waals surface area (Å²) in [4.78, 5) is 18.5. The van der Waals surface area contributed by atoms with Crippen molar-refractivity contribution >= 4 is 11.7 Å².